The number of aromatic nitrogens is 2. The Kier molecular flexibility index (Phi) is 5.52. The molecule has 1 aromatic heterocycles. The van der Waals surface area contributed by atoms with Crippen LogP contribution in [0.3, 0.4) is 0 Å². The van der Waals surface area contributed by atoms with Crippen molar-refractivity contribution in [2.24, 2.45) is 7.05 Å². The maximum atomic E-state index is 13.6. The lowest BCUT2D eigenvalue weighted by atomic mass is 9.83. The zero-order valence-electron chi connectivity index (χ0n) is 18.3. The third-order valence-corrected chi connectivity index (χ3v) is 5.83. The molecule has 1 atom stereocenters. The molecular weight excluding hydrogens is 406 g/mol. The molecule has 0 radical (unpaired) electrons. The fraction of sp³-hybridized carbons (Fsp3) is 0.250. The average Bonchev–Trinajstić information content (AvgIpc) is 3.17. The lowest BCUT2D eigenvalue weighted by Crippen LogP contribution is -2.46. The Morgan fingerprint density at radius 1 is 1.03 bits per heavy atom. The summed E-state index contributed by atoms with van der Waals surface area (Å²) in [6, 6.07) is 18.0. The molecule has 0 bridgehead atoms. The first-order valence-electron chi connectivity index (χ1n) is 10.4. The average molecular weight is 431 g/mol. The molecule has 32 heavy (non-hydrogen) atoms. The van der Waals surface area contributed by atoms with Crippen LogP contribution in [0.4, 0.5) is 10.5 Å². The molecule has 8 heteroatoms. The van der Waals surface area contributed by atoms with Crippen LogP contribution in [-0.2, 0) is 28.6 Å². The molecule has 2 heterocycles. The van der Waals surface area contributed by atoms with E-state index in [1.807, 2.05) is 67.6 Å². The second-order valence-corrected chi connectivity index (χ2v) is 7.97. The van der Waals surface area contributed by atoms with Gasteiger partial charge in [-0.3, -0.25) is 19.2 Å². The zero-order valence-corrected chi connectivity index (χ0v) is 18.3. The molecule has 1 saturated heterocycles. The lowest BCUT2D eigenvalue weighted by Gasteiger charge is -2.27. The summed E-state index contributed by atoms with van der Waals surface area (Å²) in [6.45, 7) is 3.24. The molecule has 1 fully saturated rings. The summed E-state index contributed by atoms with van der Waals surface area (Å²) in [6.07, 6.45) is 0.279. The van der Waals surface area contributed by atoms with Gasteiger partial charge in [0.25, 0.3) is 5.91 Å². The van der Waals surface area contributed by atoms with Crippen LogP contribution in [0.1, 0.15) is 22.5 Å². The first-order chi connectivity index (χ1) is 15.3. The maximum absolute atomic E-state index is 13.6. The predicted molar refractivity (Wildman–Crippen MR) is 120 cm³/mol. The zero-order chi connectivity index (χ0) is 22.9. The highest BCUT2D eigenvalue weighted by Gasteiger charge is 2.52. The first kappa shape index (κ1) is 21.3. The van der Waals surface area contributed by atoms with Crippen molar-refractivity contribution < 1.29 is 14.4 Å². The summed E-state index contributed by atoms with van der Waals surface area (Å²) in [5.41, 5.74) is 2.33. The van der Waals surface area contributed by atoms with Crippen molar-refractivity contribution in [1.82, 2.24) is 20.0 Å². The van der Waals surface area contributed by atoms with Gasteiger partial charge in [-0.15, -0.1) is 0 Å². The number of urea groups is 1. The van der Waals surface area contributed by atoms with E-state index in [4.69, 9.17) is 0 Å². The molecule has 0 aliphatic carbocycles. The van der Waals surface area contributed by atoms with Gasteiger partial charge in [0, 0.05) is 13.5 Å². The molecule has 8 nitrogen and oxygen atoms in total. The van der Waals surface area contributed by atoms with Crippen molar-refractivity contribution in [3.05, 3.63) is 83.2 Å². The van der Waals surface area contributed by atoms with E-state index in [2.05, 4.69) is 15.7 Å². The topological polar surface area (TPSA) is 96.3 Å². The van der Waals surface area contributed by atoms with E-state index < -0.39 is 23.4 Å². The number of anilines is 1. The molecule has 1 aliphatic heterocycles. The predicted octanol–water partition coefficient (Wildman–Crippen LogP) is 2.67. The van der Waals surface area contributed by atoms with Crippen LogP contribution in [-0.4, -0.2) is 39.1 Å². The fourth-order valence-electron chi connectivity index (χ4n) is 4.09. The van der Waals surface area contributed by atoms with Gasteiger partial charge in [-0.1, -0.05) is 60.7 Å². The summed E-state index contributed by atoms with van der Waals surface area (Å²) < 4.78 is 1.67. The highest BCUT2D eigenvalue weighted by molar-refractivity contribution is 6.10. The van der Waals surface area contributed by atoms with E-state index >= 15 is 0 Å². The summed E-state index contributed by atoms with van der Waals surface area (Å²) >= 11 is 0. The number of hydrogen-bond donors (Lipinski definition) is 2. The van der Waals surface area contributed by atoms with E-state index in [1.165, 1.54) is 0 Å². The largest absolute Gasteiger partial charge is 0.325 e. The molecular formula is C24H25N5O3. The van der Waals surface area contributed by atoms with Crippen molar-refractivity contribution in [3.8, 4) is 0 Å². The van der Waals surface area contributed by atoms with Gasteiger partial charge in [-0.05, 0) is 25.0 Å². The van der Waals surface area contributed by atoms with Gasteiger partial charge in [0.2, 0.25) is 5.91 Å². The Balaban J connectivity index is 1.61. The number of nitrogens with zero attached hydrogens (tertiary/aromatic N) is 3. The summed E-state index contributed by atoms with van der Waals surface area (Å²) in [4.78, 5) is 40.2. The third kappa shape index (κ3) is 3.75. The van der Waals surface area contributed by atoms with Gasteiger partial charge in [0.05, 0.1) is 17.1 Å². The van der Waals surface area contributed by atoms with Crippen molar-refractivity contribution in [2.45, 2.75) is 25.8 Å². The number of nitrogens with one attached hydrogen (secondary N) is 2. The quantitative estimate of drug-likeness (QED) is 0.587. The highest BCUT2D eigenvalue weighted by Crippen LogP contribution is 2.33. The number of aryl methyl sites for hydroxylation is 2. The highest BCUT2D eigenvalue weighted by atomic mass is 16.2. The lowest BCUT2D eigenvalue weighted by molar-refractivity contribution is -0.134. The Morgan fingerprint density at radius 2 is 1.66 bits per heavy atom. The smallest absolute Gasteiger partial charge is 0.321 e. The Hall–Kier alpha value is -3.94. The minimum atomic E-state index is -1.28. The standard InChI is InChI=1S/C24H25N5O3/c1-16-21(17(2)28(3)27-16)25-20(30)15-29-22(31)24(26-23(29)32,19-12-8-5-9-13-19)14-18-10-6-4-7-11-18/h4-13H,14-15H2,1-3H3,(H,25,30)(H,26,32)/t24-/m0/s1. The number of hydrogen-bond acceptors (Lipinski definition) is 4. The van der Waals surface area contributed by atoms with Crippen LogP contribution in [0.25, 0.3) is 0 Å². The minimum absolute atomic E-state index is 0.279. The number of carbonyl (C=O) groups is 3. The first-order valence-corrected chi connectivity index (χ1v) is 10.4. The van der Waals surface area contributed by atoms with Gasteiger partial charge < -0.3 is 10.6 Å². The van der Waals surface area contributed by atoms with Crippen molar-refractivity contribution in [3.63, 3.8) is 0 Å². The van der Waals surface area contributed by atoms with Gasteiger partial charge in [0.15, 0.2) is 5.54 Å². The molecule has 4 rings (SSSR count). The number of amides is 4. The van der Waals surface area contributed by atoms with E-state index in [0.29, 0.717) is 16.9 Å². The number of carbonyl (C=O) groups excluding carboxylic acids is 3. The number of rotatable bonds is 6. The number of benzene rings is 2. The number of imide groups is 1. The Labute approximate surface area is 186 Å². The second kappa shape index (κ2) is 8.30. The third-order valence-electron chi connectivity index (χ3n) is 5.83. The van der Waals surface area contributed by atoms with E-state index in [-0.39, 0.29) is 13.0 Å². The Morgan fingerprint density at radius 3 is 2.25 bits per heavy atom. The molecule has 0 spiro atoms. The molecule has 0 unspecified atom stereocenters. The van der Waals surface area contributed by atoms with Crippen molar-refractivity contribution >= 4 is 23.5 Å². The molecule has 2 aromatic carbocycles. The van der Waals surface area contributed by atoms with Gasteiger partial charge in [-0.25, -0.2) is 4.79 Å². The SMILES string of the molecule is Cc1nn(C)c(C)c1NC(=O)CN1C(=O)N[C@@](Cc2ccccc2)(c2ccccc2)C1=O. The molecule has 0 saturated carbocycles. The molecule has 3 aromatic rings. The molecule has 1 aliphatic rings. The molecule has 164 valence electrons. The van der Waals surface area contributed by atoms with Gasteiger partial charge in [0.1, 0.15) is 6.54 Å². The summed E-state index contributed by atoms with van der Waals surface area (Å²) in [5.74, 6) is -0.913. The van der Waals surface area contributed by atoms with Crippen molar-refractivity contribution in [2.75, 3.05) is 11.9 Å². The minimum Gasteiger partial charge on any atom is -0.321 e. The normalized spacial score (nSPS) is 18.0. The van der Waals surface area contributed by atoms with Crippen LogP contribution in [0.15, 0.2) is 60.7 Å². The van der Waals surface area contributed by atoms with Crippen LogP contribution in [0.5, 0.6) is 0 Å². The fourth-order valence-corrected chi connectivity index (χ4v) is 4.09. The van der Waals surface area contributed by atoms with E-state index in [1.54, 1.807) is 18.7 Å². The maximum Gasteiger partial charge on any atom is 0.325 e. The van der Waals surface area contributed by atoms with E-state index in [9.17, 15) is 14.4 Å². The van der Waals surface area contributed by atoms with Gasteiger partial charge in [-0.2, -0.15) is 5.10 Å². The summed E-state index contributed by atoms with van der Waals surface area (Å²) in [7, 11) is 1.78. The van der Waals surface area contributed by atoms with Crippen LogP contribution in [0.2, 0.25) is 0 Å². The second-order valence-electron chi connectivity index (χ2n) is 7.97. The molecule has 4 amide bonds. The van der Waals surface area contributed by atoms with Crippen LogP contribution in [0, 0.1) is 13.8 Å². The van der Waals surface area contributed by atoms with Crippen molar-refractivity contribution in [1.29, 1.82) is 0 Å². The Bertz CT molecular complexity index is 1170. The van der Waals surface area contributed by atoms with E-state index in [0.717, 1.165) is 16.2 Å². The summed E-state index contributed by atoms with van der Waals surface area (Å²) in [5, 5.41) is 9.93. The molecule has 2 N–H and O–H groups in total. The van der Waals surface area contributed by atoms with Crippen LogP contribution < -0.4 is 10.6 Å². The van der Waals surface area contributed by atoms with Gasteiger partial charge >= 0.3 is 6.03 Å². The monoisotopic (exact) mass is 431 g/mol. The van der Waals surface area contributed by atoms with Crippen LogP contribution >= 0.6 is 0 Å².